The maximum Gasteiger partial charge on any atom is 0.338 e. The minimum absolute atomic E-state index is 0.220. The molecule has 0 bridgehead atoms. The van der Waals surface area contributed by atoms with Crippen LogP contribution < -0.4 is 15.8 Å². The lowest BCUT2D eigenvalue weighted by atomic mass is 10.2. The molecule has 0 saturated carbocycles. The van der Waals surface area contributed by atoms with Crippen LogP contribution in [0.5, 0.6) is 5.75 Å². The number of benzene rings is 2. The molecule has 0 aliphatic rings. The van der Waals surface area contributed by atoms with Crippen molar-refractivity contribution in [3.8, 4) is 5.75 Å². The van der Waals surface area contributed by atoms with Gasteiger partial charge in [-0.15, -0.1) is 0 Å². The van der Waals surface area contributed by atoms with Crippen LogP contribution in [0.25, 0.3) is 0 Å². The van der Waals surface area contributed by atoms with Gasteiger partial charge in [0.05, 0.1) is 17.4 Å². The Bertz CT molecular complexity index is 714. The van der Waals surface area contributed by atoms with Gasteiger partial charge < -0.3 is 20.5 Å². The topological polar surface area (TPSA) is 90.7 Å². The highest BCUT2D eigenvalue weighted by Crippen LogP contribution is 2.23. The fourth-order valence-electron chi connectivity index (χ4n) is 1.93. The van der Waals surface area contributed by atoms with Crippen molar-refractivity contribution < 1.29 is 19.1 Å². The number of ether oxygens (including phenoxy) is 2. The summed E-state index contributed by atoms with van der Waals surface area (Å²) in [6.45, 7) is 3.31. The summed E-state index contributed by atoms with van der Waals surface area (Å²) < 4.78 is 10.5. The predicted molar refractivity (Wildman–Crippen MR) is 92.0 cm³/mol. The number of carbonyl (C=O) groups excluding carboxylic acids is 2. The van der Waals surface area contributed by atoms with E-state index < -0.39 is 5.97 Å². The van der Waals surface area contributed by atoms with Crippen molar-refractivity contribution in [2.75, 3.05) is 17.7 Å². The zero-order valence-electron chi connectivity index (χ0n) is 13.6. The summed E-state index contributed by atoms with van der Waals surface area (Å²) in [7, 11) is 0. The van der Waals surface area contributed by atoms with E-state index in [2.05, 4.69) is 5.32 Å². The summed E-state index contributed by atoms with van der Waals surface area (Å²) in [6, 6.07) is 13.6. The molecule has 3 N–H and O–H groups in total. The molecule has 1 amide bonds. The molecule has 2 aromatic carbocycles. The third-order valence-electron chi connectivity index (χ3n) is 3.01. The monoisotopic (exact) mass is 328 g/mol. The first-order valence-electron chi connectivity index (χ1n) is 7.54. The van der Waals surface area contributed by atoms with Gasteiger partial charge in [0.1, 0.15) is 5.75 Å². The molecule has 6 nitrogen and oxygen atoms in total. The first kappa shape index (κ1) is 17.3. The number of rotatable bonds is 6. The van der Waals surface area contributed by atoms with Gasteiger partial charge in [-0.3, -0.25) is 4.79 Å². The number of hydrogen-bond donors (Lipinski definition) is 2. The van der Waals surface area contributed by atoms with Crippen LogP contribution in [0.4, 0.5) is 11.4 Å². The minimum Gasteiger partial charge on any atom is -0.482 e. The van der Waals surface area contributed by atoms with E-state index >= 15 is 0 Å². The molecule has 2 aromatic rings. The van der Waals surface area contributed by atoms with Crippen molar-refractivity contribution in [2.24, 2.45) is 0 Å². The van der Waals surface area contributed by atoms with E-state index in [1.54, 1.807) is 38.1 Å². The zero-order valence-corrected chi connectivity index (χ0v) is 13.6. The lowest BCUT2D eigenvalue weighted by molar-refractivity contribution is -0.118. The first-order valence-corrected chi connectivity index (χ1v) is 7.54. The van der Waals surface area contributed by atoms with Gasteiger partial charge in [-0.2, -0.15) is 0 Å². The lowest BCUT2D eigenvalue weighted by Gasteiger charge is -2.12. The summed E-state index contributed by atoms with van der Waals surface area (Å²) in [5.41, 5.74) is 7.15. The van der Waals surface area contributed by atoms with Crippen LogP contribution >= 0.6 is 0 Å². The molecular formula is C18H20N2O4. The van der Waals surface area contributed by atoms with Crippen molar-refractivity contribution in [3.63, 3.8) is 0 Å². The number of nitrogen functional groups attached to an aromatic ring is 1. The SMILES string of the molecule is CC(C)OC(=O)c1ccc(N)c(OCC(=O)Nc2ccccc2)c1. The van der Waals surface area contributed by atoms with Crippen LogP contribution in [0.3, 0.4) is 0 Å². The third-order valence-corrected chi connectivity index (χ3v) is 3.01. The molecule has 0 fully saturated rings. The van der Waals surface area contributed by atoms with Crippen molar-refractivity contribution >= 4 is 23.3 Å². The number of hydrogen-bond acceptors (Lipinski definition) is 5. The van der Waals surface area contributed by atoms with Crippen LogP contribution in [-0.4, -0.2) is 24.6 Å². The Labute approximate surface area is 140 Å². The molecule has 0 radical (unpaired) electrons. The number of carbonyl (C=O) groups is 2. The average molecular weight is 328 g/mol. The first-order chi connectivity index (χ1) is 11.5. The molecule has 0 aliphatic heterocycles. The summed E-state index contributed by atoms with van der Waals surface area (Å²) in [4.78, 5) is 23.8. The van der Waals surface area contributed by atoms with Gasteiger partial charge in [-0.25, -0.2) is 4.79 Å². The molecule has 126 valence electrons. The van der Waals surface area contributed by atoms with E-state index in [0.29, 0.717) is 16.9 Å². The number of para-hydroxylation sites is 1. The Morgan fingerprint density at radius 3 is 2.50 bits per heavy atom. The Hall–Kier alpha value is -3.02. The maximum absolute atomic E-state index is 11.9. The van der Waals surface area contributed by atoms with Crippen molar-refractivity contribution in [2.45, 2.75) is 20.0 Å². The molecular weight excluding hydrogens is 308 g/mol. The van der Waals surface area contributed by atoms with E-state index in [4.69, 9.17) is 15.2 Å². The predicted octanol–water partition coefficient (Wildman–Crippen LogP) is 2.85. The second kappa shape index (κ2) is 8.01. The van der Waals surface area contributed by atoms with Crippen molar-refractivity contribution in [1.29, 1.82) is 0 Å². The van der Waals surface area contributed by atoms with Crippen LogP contribution in [0.1, 0.15) is 24.2 Å². The number of nitrogens with two attached hydrogens (primary N) is 1. The van der Waals surface area contributed by atoms with Crippen molar-refractivity contribution in [1.82, 2.24) is 0 Å². The van der Waals surface area contributed by atoms with Gasteiger partial charge in [0.15, 0.2) is 6.61 Å². The van der Waals surface area contributed by atoms with Gasteiger partial charge in [0.2, 0.25) is 0 Å². The zero-order chi connectivity index (χ0) is 17.5. The molecule has 0 heterocycles. The largest absolute Gasteiger partial charge is 0.482 e. The number of esters is 1. The van der Waals surface area contributed by atoms with E-state index in [0.717, 1.165) is 0 Å². The van der Waals surface area contributed by atoms with E-state index in [9.17, 15) is 9.59 Å². The van der Waals surface area contributed by atoms with Crippen molar-refractivity contribution in [3.05, 3.63) is 54.1 Å². The number of anilines is 2. The minimum atomic E-state index is -0.469. The number of amides is 1. The van der Waals surface area contributed by atoms with Crippen LogP contribution in [0.15, 0.2) is 48.5 Å². The molecule has 6 heteroatoms. The fourth-order valence-corrected chi connectivity index (χ4v) is 1.93. The Kier molecular flexibility index (Phi) is 5.78. The van der Waals surface area contributed by atoms with E-state index in [1.807, 2.05) is 18.2 Å². The Morgan fingerprint density at radius 1 is 1.12 bits per heavy atom. The second-order valence-electron chi connectivity index (χ2n) is 5.41. The average Bonchev–Trinajstić information content (AvgIpc) is 2.54. The summed E-state index contributed by atoms with van der Waals surface area (Å²) in [5, 5.41) is 2.70. The quantitative estimate of drug-likeness (QED) is 0.628. The summed E-state index contributed by atoms with van der Waals surface area (Å²) in [5.74, 6) is -0.532. The van der Waals surface area contributed by atoms with Gasteiger partial charge in [0.25, 0.3) is 5.91 Å². The fraction of sp³-hybridized carbons (Fsp3) is 0.222. The molecule has 0 atom stereocenters. The highest BCUT2D eigenvalue weighted by atomic mass is 16.5. The number of nitrogens with one attached hydrogen (secondary N) is 1. The lowest BCUT2D eigenvalue weighted by Crippen LogP contribution is -2.20. The van der Waals surface area contributed by atoms with Crippen LogP contribution in [-0.2, 0) is 9.53 Å². The van der Waals surface area contributed by atoms with E-state index in [-0.39, 0.29) is 24.4 Å². The van der Waals surface area contributed by atoms with Gasteiger partial charge >= 0.3 is 5.97 Å². The van der Waals surface area contributed by atoms with Gasteiger partial charge in [-0.05, 0) is 44.2 Å². The van der Waals surface area contributed by atoms with E-state index in [1.165, 1.54) is 6.07 Å². The molecule has 24 heavy (non-hydrogen) atoms. The molecule has 0 aliphatic carbocycles. The molecule has 0 saturated heterocycles. The third kappa shape index (κ3) is 5.01. The summed E-state index contributed by atoms with van der Waals surface area (Å²) in [6.07, 6.45) is -0.226. The molecule has 0 aromatic heterocycles. The molecule has 0 unspecified atom stereocenters. The summed E-state index contributed by atoms with van der Waals surface area (Å²) >= 11 is 0. The van der Waals surface area contributed by atoms with Gasteiger partial charge in [-0.1, -0.05) is 18.2 Å². The second-order valence-corrected chi connectivity index (χ2v) is 5.41. The maximum atomic E-state index is 11.9. The van der Waals surface area contributed by atoms with Crippen LogP contribution in [0, 0.1) is 0 Å². The highest BCUT2D eigenvalue weighted by Gasteiger charge is 2.13. The van der Waals surface area contributed by atoms with Crippen LogP contribution in [0.2, 0.25) is 0 Å². The van der Waals surface area contributed by atoms with Gasteiger partial charge in [0, 0.05) is 5.69 Å². The molecule has 0 spiro atoms. The smallest absolute Gasteiger partial charge is 0.338 e. The Morgan fingerprint density at radius 2 is 1.83 bits per heavy atom. The standard InChI is InChI=1S/C18H20N2O4/c1-12(2)24-18(22)13-8-9-15(19)16(10-13)23-11-17(21)20-14-6-4-3-5-7-14/h3-10,12H,11,19H2,1-2H3,(H,20,21). The highest BCUT2D eigenvalue weighted by molar-refractivity contribution is 5.92. The molecule has 2 rings (SSSR count). The normalized spacial score (nSPS) is 10.3. The Balaban J connectivity index is 1.98.